The third kappa shape index (κ3) is 2.84. The number of halogens is 9. The predicted octanol–water partition coefficient (Wildman–Crippen LogP) is 5.55. The van der Waals surface area contributed by atoms with E-state index in [1.165, 1.54) is 12.1 Å². The second kappa shape index (κ2) is 6.70. The fourth-order valence-electron chi connectivity index (χ4n) is 2.84. The summed E-state index contributed by atoms with van der Waals surface area (Å²) < 4.78 is 128. The monoisotopic (exact) mass is 424 g/mol. The molecule has 1 aromatic carbocycles. The van der Waals surface area contributed by atoms with Crippen LogP contribution in [0.15, 0.2) is 24.3 Å². The molecule has 28 heavy (non-hydrogen) atoms. The Bertz CT molecular complexity index is 694. The van der Waals surface area contributed by atoms with Crippen molar-refractivity contribution in [1.29, 1.82) is 0 Å². The van der Waals surface area contributed by atoms with Gasteiger partial charge in [-0.1, -0.05) is 19.1 Å². The number of hydrogen-bond acceptors (Lipinski definition) is 2. The zero-order valence-electron chi connectivity index (χ0n) is 14.6. The lowest BCUT2D eigenvalue weighted by atomic mass is 9.88. The fraction of sp³-hybridized carbons (Fsp3) is 0.647. The molecule has 160 valence electrons. The first kappa shape index (κ1) is 22.6. The van der Waals surface area contributed by atoms with Gasteiger partial charge in [0.1, 0.15) is 5.75 Å². The van der Waals surface area contributed by atoms with E-state index in [4.69, 9.17) is 4.74 Å². The molecule has 11 heteroatoms. The van der Waals surface area contributed by atoms with Gasteiger partial charge >= 0.3 is 23.7 Å². The number of hydrogen-bond donors (Lipinski definition) is 1. The first-order valence-electron chi connectivity index (χ1n) is 8.21. The number of benzene rings is 1. The van der Waals surface area contributed by atoms with E-state index in [-0.39, 0.29) is 11.9 Å². The summed E-state index contributed by atoms with van der Waals surface area (Å²) in [5.74, 6) is -26.1. The fourth-order valence-corrected chi connectivity index (χ4v) is 2.84. The molecule has 1 aliphatic rings. The van der Waals surface area contributed by atoms with E-state index in [0.717, 1.165) is 12.1 Å². The van der Waals surface area contributed by atoms with Crippen molar-refractivity contribution >= 4 is 0 Å². The summed E-state index contributed by atoms with van der Waals surface area (Å²) >= 11 is 0. The third-order valence-electron chi connectivity index (χ3n) is 4.81. The van der Waals surface area contributed by atoms with E-state index in [1.807, 2.05) is 0 Å². The van der Waals surface area contributed by atoms with Gasteiger partial charge in [0, 0.05) is 6.42 Å². The lowest BCUT2D eigenvalue weighted by molar-refractivity contribution is -0.303. The molecule has 0 amide bonds. The number of aliphatic hydroxyl groups is 1. The summed E-state index contributed by atoms with van der Waals surface area (Å²) in [6.45, 7) is 3.42. The number of alkyl halides is 9. The molecule has 2 nitrogen and oxygen atoms in total. The first-order valence-corrected chi connectivity index (χ1v) is 8.21. The highest BCUT2D eigenvalue weighted by Crippen LogP contribution is 2.70. The highest BCUT2D eigenvalue weighted by Gasteiger charge is 3.00. The van der Waals surface area contributed by atoms with Gasteiger partial charge in [-0.05, 0) is 31.0 Å². The lowest BCUT2D eigenvalue weighted by Crippen LogP contribution is -2.55. The Labute approximate surface area is 154 Å². The quantitative estimate of drug-likeness (QED) is 0.607. The van der Waals surface area contributed by atoms with Crippen LogP contribution in [0.5, 0.6) is 5.75 Å². The first-order chi connectivity index (χ1) is 12.6. The summed E-state index contributed by atoms with van der Waals surface area (Å²) in [4.78, 5) is 0. The second-order valence-electron chi connectivity index (χ2n) is 6.73. The predicted molar refractivity (Wildman–Crippen MR) is 80.0 cm³/mol. The van der Waals surface area contributed by atoms with Gasteiger partial charge in [-0.25, -0.2) is 4.39 Å². The Balaban J connectivity index is 2.40. The van der Waals surface area contributed by atoms with Crippen molar-refractivity contribution in [3.8, 4) is 5.75 Å². The molecule has 0 saturated heterocycles. The van der Waals surface area contributed by atoms with Crippen LogP contribution in [0.2, 0.25) is 0 Å². The van der Waals surface area contributed by atoms with Crippen LogP contribution in [0.4, 0.5) is 39.5 Å². The molecule has 0 radical (unpaired) electrons. The Hall–Kier alpha value is -1.65. The van der Waals surface area contributed by atoms with Crippen molar-refractivity contribution in [3.05, 3.63) is 29.8 Å². The van der Waals surface area contributed by atoms with Gasteiger partial charge < -0.3 is 9.84 Å². The molecule has 1 N–H and O–H groups in total. The van der Waals surface area contributed by atoms with Gasteiger partial charge in [0.2, 0.25) is 0 Å². The summed E-state index contributed by atoms with van der Waals surface area (Å²) in [6, 6.07) is 4.55. The number of ether oxygens (including phenoxy) is 1. The molecule has 2 atom stereocenters. The standard InChI is InChI=1S/C17H17F9O2/c1-3-9(2)28-11-6-4-5-10(7-11)12(27)8-13(18)14(19,20)16(23,24)17(25,26)15(13,21)22/h4-7,9,12,27H,3,8H2,1-2H3. The topological polar surface area (TPSA) is 29.5 Å². The molecule has 0 spiro atoms. The molecule has 0 aliphatic heterocycles. The van der Waals surface area contributed by atoms with Gasteiger partial charge in [0.05, 0.1) is 12.2 Å². The molecule has 1 saturated carbocycles. The van der Waals surface area contributed by atoms with Crippen LogP contribution in [-0.2, 0) is 0 Å². The minimum absolute atomic E-state index is 0.0550. The van der Waals surface area contributed by atoms with Crippen molar-refractivity contribution in [2.24, 2.45) is 0 Å². The van der Waals surface area contributed by atoms with E-state index < -0.39 is 47.4 Å². The van der Waals surface area contributed by atoms with E-state index >= 15 is 0 Å². The molecule has 0 bridgehead atoms. The van der Waals surface area contributed by atoms with Gasteiger partial charge in [0.25, 0.3) is 5.67 Å². The van der Waals surface area contributed by atoms with Gasteiger partial charge in [-0.2, -0.15) is 35.1 Å². The average Bonchev–Trinajstić information content (AvgIpc) is 2.64. The molecule has 2 unspecified atom stereocenters. The minimum Gasteiger partial charge on any atom is -0.491 e. The van der Waals surface area contributed by atoms with Crippen LogP contribution in [0, 0.1) is 0 Å². The highest BCUT2D eigenvalue weighted by molar-refractivity contribution is 5.32. The van der Waals surface area contributed by atoms with Crippen LogP contribution < -0.4 is 4.74 Å². The Kier molecular flexibility index (Phi) is 5.42. The number of aliphatic hydroxyl groups excluding tert-OH is 1. The summed E-state index contributed by atoms with van der Waals surface area (Å²) in [5.41, 5.74) is -6.14. The van der Waals surface area contributed by atoms with Gasteiger partial charge in [-0.15, -0.1) is 0 Å². The van der Waals surface area contributed by atoms with Crippen molar-refractivity contribution in [2.45, 2.75) is 68.3 Å². The van der Waals surface area contributed by atoms with E-state index in [2.05, 4.69) is 0 Å². The van der Waals surface area contributed by atoms with Gasteiger partial charge in [-0.3, -0.25) is 0 Å². The van der Waals surface area contributed by atoms with E-state index in [9.17, 15) is 44.6 Å². The molecule has 0 heterocycles. The Morgan fingerprint density at radius 1 is 0.893 bits per heavy atom. The number of rotatable bonds is 6. The molecule has 1 fully saturated rings. The molecule has 2 rings (SSSR count). The normalized spacial score (nSPS) is 25.9. The van der Waals surface area contributed by atoms with Crippen molar-refractivity contribution in [1.82, 2.24) is 0 Å². The molecular weight excluding hydrogens is 407 g/mol. The van der Waals surface area contributed by atoms with Crippen LogP contribution in [-0.4, -0.2) is 40.6 Å². The second-order valence-corrected chi connectivity index (χ2v) is 6.73. The lowest BCUT2D eigenvalue weighted by Gasteiger charge is -2.32. The van der Waals surface area contributed by atoms with Crippen molar-refractivity contribution in [2.75, 3.05) is 0 Å². The third-order valence-corrected chi connectivity index (χ3v) is 4.81. The van der Waals surface area contributed by atoms with Crippen LogP contribution in [0.3, 0.4) is 0 Å². The van der Waals surface area contributed by atoms with Crippen LogP contribution in [0.1, 0.15) is 38.4 Å². The Morgan fingerprint density at radius 2 is 1.39 bits per heavy atom. The van der Waals surface area contributed by atoms with E-state index in [1.54, 1.807) is 13.8 Å². The zero-order chi connectivity index (χ0) is 21.8. The SMILES string of the molecule is CCC(C)Oc1cccc(C(O)CC2(F)C(F)(F)C(F)(F)C(F)(F)C2(F)F)c1. The van der Waals surface area contributed by atoms with Crippen LogP contribution >= 0.6 is 0 Å². The van der Waals surface area contributed by atoms with Crippen molar-refractivity contribution in [3.63, 3.8) is 0 Å². The largest absolute Gasteiger partial charge is 0.491 e. The highest BCUT2D eigenvalue weighted by atomic mass is 19.4. The molecular formula is C17H17F9O2. The smallest absolute Gasteiger partial charge is 0.381 e. The molecule has 1 aliphatic carbocycles. The summed E-state index contributed by atoms with van der Waals surface area (Å²) in [6.07, 6.45) is -4.68. The zero-order valence-corrected chi connectivity index (χ0v) is 14.6. The maximum Gasteiger partial charge on any atom is 0.381 e. The Morgan fingerprint density at radius 3 is 1.86 bits per heavy atom. The molecule has 1 aromatic rings. The van der Waals surface area contributed by atoms with E-state index in [0.29, 0.717) is 6.42 Å². The maximum absolute atomic E-state index is 14.5. The summed E-state index contributed by atoms with van der Waals surface area (Å²) in [5, 5.41) is 9.91. The minimum atomic E-state index is -6.65. The van der Waals surface area contributed by atoms with Crippen LogP contribution in [0.25, 0.3) is 0 Å². The molecule has 0 aromatic heterocycles. The average molecular weight is 424 g/mol. The van der Waals surface area contributed by atoms with Crippen molar-refractivity contribution < 1.29 is 49.4 Å². The maximum atomic E-state index is 14.5. The van der Waals surface area contributed by atoms with Gasteiger partial charge in [0.15, 0.2) is 0 Å². The summed E-state index contributed by atoms with van der Waals surface area (Å²) in [7, 11) is 0.